The molecule has 0 aromatic heterocycles. The Hall–Kier alpha value is -1.58. The van der Waals surface area contributed by atoms with Gasteiger partial charge in [0.05, 0.1) is 6.61 Å². The van der Waals surface area contributed by atoms with E-state index in [-0.39, 0.29) is 24.9 Å². The van der Waals surface area contributed by atoms with Gasteiger partial charge >= 0.3 is 0 Å². The number of nitrogens with zero attached hydrogens (tertiary/aromatic N) is 2. The largest absolute Gasteiger partial charge is 0.388 e. The number of hydrogen-bond donors (Lipinski definition) is 2. The third-order valence-electron chi connectivity index (χ3n) is 5.45. The molecule has 2 N–H and O–H groups in total. The minimum atomic E-state index is -1.14. The number of carbonyl (C=O) groups is 1. The summed E-state index contributed by atoms with van der Waals surface area (Å²) in [6.45, 7) is 5.06. The van der Waals surface area contributed by atoms with E-state index in [1.165, 1.54) is 26.2 Å². The molecule has 3 atom stereocenters. The monoisotopic (exact) mass is 426 g/mol. The Bertz CT molecular complexity index is 630. The van der Waals surface area contributed by atoms with Gasteiger partial charge in [-0.3, -0.25) is 9.69 Å². The topological polar surface area (TPSA) is 82.5 Å². The summed E-state index contributed by atoms with van der Waals surface area (Å²) in [5, 5.41) is 20.6. The van der Waals surface area contributed by atoms with E-state index < -0.39 is 18.3 Å². The van der Waals surface area contributed by atoms with Gasteiger partial charge in [0.15, 0.2) is 0 Å². The van der Waals surface area contributed by atoms with Crippen molar-refractivity contribution >= 4 is 5.91 Å². The van der Waals surface area contributed by atoms with Gasteiger partial charge in [-0.25, -0.2) is 4.39 Å². The second-order valence-electron chi connectivity index (χ2n) is 7.84. The van der Waals surface area contributed by atoms with Crippen molar-refractivity contribution in [3.05, 3.63) is 35.6 Å². The summed E-state index contributed by atoms with van der Waals surface area (Å²) in [5.74, 6) is -0.355. The molecule has 8 heteroatoms. The van der Waals surface area contributed by atoms with Crippen molar-refractivity contribution in [3.63, 3.8) is 0 Å². The van der Waals surface area contributed by atoms with Crippen LogP contribution >= 0.6 is 0 Å². The molecule has 170 valence electrons. The van der Waals surface area contributed by atoms with Crippen LogP contribution in [0.3, 0.4) is 0 Å². The number of halogens is 1. The number of amides is 1. The Kier molecular flexibility index (Phi) is 10.7. The Labute approximate surface area is 178 Å². The van der Waals surface area contributed by atoms with E-state index in [1.54, 1.807) is 17.0 Å². The van der Waals surface area contributed by atoms with E-state index in [0.29, 0.717) is 19.7 Å². The average molecular weight is 427 g/mol. The second kappa shape index (κ2) is 13.0. The molecular weight excluding hydrogens is 391 g/mol. The maximum atomic E-state index is 13.2. The summed E-state index contributed by atoms with van der Waals surface area (Å²) in [6.07, 6.45) is -0.423. The zero-order valence-electron chi connectivity index (χ0n) is 18.0. The minimum absolute atomic E-state index is 0.0143. The molecule has 7 nitrogen and oxygen atoms in total. The van der Waals surface area contributed by atoms with Gasteiger partial charge in [0, 0.05) is 46.8 Å². The van der Waals surface area contributed by atoms with Crippen LogP contribution in [0.15, 0.2) is 24.3 Å². The molecule has 0 saturated carbocycles. The molecule has 30 heavy (non-hydrogen) atoms. The fraction of sp³-hybridized carbons (Fsp3) is 0.682. The highest BCUT2D eigenvalue weighted by Crippen LogP contribution is 2.12. The highest BCUT2D eigenvalue weighted by atomic mass is 19.1. The van der Waals surface area contributed by atoms with Crippen LogP contribution in [-0.2, 0) is 20.8 Å². The van der Waals surface area contributed by atoms with Crippen molar-refractivity contribution in [2.45, 2.75) is 51.0 Å². The molecule has 1 heterocycles. The van der Waals surface area contributed by atoms with Crippen LogP contribution in [0, 0.1) is 5.82 Å². The second-order valence-corrected chi connectivity index (χ2v) is 7.84. The zero-order valence-corrected chi connectivity index (χ0v) is 18.0. The first-order chi connectivity index (χ1) is 14.4. The number of hydrogen-bond acceptors (Lipinski definition) is 6. The Balaban J connectivity index is 2.05. The summed E-state index contributed by atoms with van der Waals surface area (Å²) in [4.78, 5) is 16.0. The minimum Gasteiger partial charge on any atom is -0.388 e. The van der Waals surface area contributed by atoms with E-state index in [0.717, 1.165) is 37.9 Å². The fourth-order valence-corrected chi connectivity index (χ4v) is 3.61. The lowest BCUT2D eigenvalue weighted by molar-refractivity contribution is -0.136. The number of rotatable bonds is 3. The molecule has 1 saturated heterocycles. The van der Waals surface area contributed by atoms with Crippen LogP contribution < -0.4 is 0 Å². The van der Waals surface area contributed by atoms with E-state index in [4.69, 9.17) is 9.47 Å². The smallest absolute Gasteiger partial charge is 0.219 e. The predicted octanol–water partition coefficient (Wildman–Crippen LogP) is 1.41. The van der Waals surface area contributed by atoms with Crippen LogP contribution in [0.5, 0.6) is 0 Å². The zero-order chi connectivity index (χ0) is 21.9. The molecule has 0 bridgehead atoms. The molecule has 0 radical (unpaired) electrons. The average Bonchev–Trinajstić information content (AvgIpc) is 2.73. The molecule has 1 fully saturated rings. The number of carbonyl (C=O) groups excluding carboxylic acids is 1. The number of methoxy groups -OCH3 is 1. The summed E-state index contributed by atoms with van der Waals surface area (Å²) in [6, 6.07) is 6.52. The lowest BCUT2D eigenvalue weighted by Gasteiger charge is -2.31. The summed E-state index contributed by atoms with van der Waals surface area (Å²) < 4.78 is 24.1. The number of ether oxygens (including phenoxy) is 2. The first-order valence-electron chi connectivity index (χ1n) is 10.6. The van der Waals surface area contributed by atoms with E-state index in [9.17, 15) is 19.4 Å². The van der Waals surface area contributed by atoms with Crippen LogP contribution in [0.4, 0.5) is 4.39 Å². The summed E-state index contributed by atoms with van der Waals surface area (Å²) in [5.41, 5.74) is 1.04. The molecule has 1 aliphatic heterocycles. The van der Waals surface area contributed by atoms with Crippen LogP contribution in [0.2, 0.25) is 0 Å². The van der Waals surface area contributed by atoms with Crippen LogP contribution in [0.25, 0.3) is 0 Å². The Morgan fingerprint density at radius 3 is 2.53 bits per heavy atom. The molecule has 1 amide bonds. The molecule has 1 aromatic rings. The first kappa shape index (κ1) is 24.7. The first-order valence-corrected chi connectivity index (χ1v) is 10.6. The van der Waals surface area contributed by atoms with Crippen molar-refractivity contribution in [2.24, 2.45) is 0 Å². The highest BCUT2D eigenvalue weighted by Gasteiger charge is 2.29. The van der Waals surface area contributed by atoms with Gasteiger partial charge in [-0.05, 0) is 43.5 Å². The van der Waals surface area contributed by atoms with Crippen molar-refractivity contribution in [2.75, 3.05) is 46.5 Å². The third-order valence-corrected chi connectivity index (χ3v) is 5.45. The third kappa shape index (κ3) is 8.28. The van der Waals surface area contributed by atoms with Crippen molar-refractivity contribution in [1.82, 2.24) is 9.80 Å². The highest BCUT2D eigenvalue weighted by molar-refractivity contribution is 5.73. The van der Waals surface area contributed by atoms with Gasteiger partial charge < -0.3 is 24.6 Å². The molecule has 1 aromatic carbocycles. The molecule has 2 rings (SSSR count). The van der Waals surface area contributed by atoms with Gasteiger partial charge in [-0.2, -0.15) is 0 Å². The molecular formula is C22H35FN2O5. The van der Waals surface area contributed by atoms with Crippen molar-refractivity contribution in [1.29, 1.82) is 0 Å². The van der Waals surface area contributed by atoms with E-state index >= 15 is 0 Å². The Morgan fingerprint density at radius 2 is 1.87 bits per heavy atom. The molecule has 0 aliphatic carbocycles. The van der Waals surface area contributed by atoms with Crippen molar-refractivity contribution < 1.29 is 28.9 Å². The number of benzene rings is 1. The maximum absolute atomic E-state index is 13.2. The fourth-order valence-electron chi connectivity index (χ4n) is 3.61. The van der Waals surface area contributed by atoms with Gasteiger partial charge in [0.1, 0.15) is 24.1 Å². The van der Waals surface area contributed by atoms with Crippen molar-refractivity contribution in [3.8, 4) is 0 Å². The number of aliphatic hydroxyl groups is 2. The number of aliphatic hydroxyl groups excluding tert-OH is 2. The SMILES string of the molecule is CO[C@H]1CN(C(C)=O)CCCN(Cc2ccc(F)cc2)CCCCOC[C@H](O)[C@@H]1O. The molecule has 0 unspecified atom stereocenters. The van der Waals surface area contributed by atoms with Gasteiger partial charge in [0.25, 0.3) is 0 Å². The van der Waals surface area contributed by atoms with E-state index in [1.807, 2.05) is 0 Å². The normalized spacial score (nSPS) is 26.0. The summed E-state index contributed by atoms with van der Waals surface area (Å²) in [7, 11) is 1.46. The quantitative estimate of drug-likeness (QED) is 0.761. The lowest BCUT2D eigenvalue weighted by Crippen LogP contribution is -2.48. The van der Waals surface area contributed by atoms with Crippen LogP contribution in [0.1, 0.15) is 31.7 Å². The molecule has 1 aliphatic rings. The summed E-state index contributed by atoms with van der Waals surface area (Å²) >= 11 is 0. The van der Waals surface area contributed by atoms with Gasteiger partial charge in [0.2, 0.25) is 5.91 Å². The van der Waals surface area contributed by atoms with Gasteiger partial charge in [-0.1, -0.05) is 12.1 Å². The standard InChI is InChI=1S/C22H35FN2O5/c1-17(26)25-12-5-11-24(14-18-6-8-19(23)9-7-18)10-3-4-13-30-16-20(27)22(28)21(15-25)29-2/h6-9,20-22,27-28H,3-5,10-16H2,1-2H3/t20-,21-,22-/m0/s1. The van der Waals surface area contributed by atoms with Crippen LogP contribution in [-0.4, -0.2) is 90.7 Å². The van der Waals surface area contributed by atoms with Gasteiger partial charge in [-0.15, -0.1) is 0 Å². The molecule has 0 spiro atoms. The van der Waals surface area contributed by atoms with E-state index in [2.05, 4.69) is 4.90 Å². The predicted molar refractivity (Wildman–Crippen MR) is 111 cm³/mol. The lowest BCUT2D eigenvalue weighted by atomic mass is 10.1. The maximum Gasteiger partial charge on any atom is 0.219 e. The Morgan fingerprint density at radius 1 is 1.17 bits per heavy atom.